The summed E-state index contributed by atoms with van der Waals surface area (Å²) in [6.45, 7) is 0. The van der Waals surface area contributed by atoms with Crippen LogP contribution in [0.3, 0.4) is 0 Å². The summed E-state index contributed by atoms with van der Waals surface area (Å²) in [6.07, 6.45) is -0.608. The van der Waals surface area contributed by atoms with E-state index in [4.69, 9.17) is 5.48 Å². The number of halogens is 1. The average Bonchev–Trinajstić information content (AvgIpc) is 1.97. The van der Waals surface area contributed by atoms with Crippen molar-refractivity contribution in [2.75, 3.05) is 0 Å². The van der Waals surface area contributed by atoms with Gasteiger partial charge >= 0.3 is 0 Å². The molecule has 36 valence electrons. The Kier molecular flexibility index (Phi) is 0.372. The average molecular weight is 101 g/mol. The van der Waals surface area contributed by atoms with Gasteiger partial charge < -0.3 is 0 Å². The van der Waals surface area contributed by atoms with Crippen LogP contribution in [0.5, 0.6) is 0 Å². The molecule has 7 heavy (non-hydrogen) atoms. The summed E-state index contributed by atoms with van der Waals surface area (Å²) in [5, 5.41) is 0. The van der Waals surface area contributed by atoms with Crippen LogP contribution in [0.15, 0.2) is 24.3 Å². The summed E-state index contributed by atoms with van der Waals surface area (Å²) in [4.78, 5) is 2.94. The molecule has 0 radical (unpaired) electrons. The number of hydrogen-bond donors (Lipinski definition) is 0. The van der Waals surface area contributed by atoms with Gasteiger partial charge in [0.1, 0.15) is 0 Å². The normalized spacial score (nSPS) is 16.7. The predicted octanol–water partition coefficient (Wildman–Crippen LogP) is 1.22. The smallest absolute Gasteiger partial charge is 0.212 e. The molecule has 0 spiro atoms. The maximum atomic E-state index is 12.4. The van der Waals surface area contributed by atoms with Crippen LogP contribution in [-0.4, -0.2) is 4.98 Å². The zero-order valence-electron chi connectivity index (χ0n) is 7.33. The molecule has 1 aromatic heterocycles. The molecule has 0 atom stereocenters. The molecular weight excluding hydrogens is 93.1 g/mol. The number of nitrogens with zero attached hydrogens (tertiary/aromatic N) is 1. The first-order valence-electron chi connectivity index (χ1n) is 3.64. The van der Waals surface area contributed by atoms with Crippen molar-refractivity contribution in [1.82, 2.24) is 4.98 Å². The molecular formula is C5H4FN. The first kappa shape index (κ1) is 1.54. The molecule has 0 aromatic carbocycles. The van der Waals surface area contributed by atoms with Crippen LogP contribution < -0.4 is 0 Å². The van der Waals surface area contributed by atoms with E-state index in [2.05, 4.69) is 4.98 Å². The maximum Gasteiger partial charge on any atom is 0.212 e. The van der Waals surface area contributed by atoms with E-state index < -0.39 is 30.2 Å². The van der Waals surface area contributed by atoms with Gasteiger partial charge in [0.05, 0.1) is 5.48 Å². The Morgan fingerprint density at radius 3 is 3.43 bits per heavy atom. The SMILES string of the molecule is [2H]c1nc(F)c([2H])c([2H])c1[2H]. The summed E-state index contributed by atoms with van der Waals surface area (Å²) in [5.41, 5.74) is 0. The van der Waals surface area contributed by atoms with E-state index in [0.717, 1.165) is 0 Å². The minimum absolute atomic E-state index is 0.517. The van der Waals surface area contributed by atoms with Crippen LogP contribution in [-0.2, 0) is 0 Å². The van der Waals surface area contributed by atoms with Crippen molar-refractivity contribution in [3.8, 4) is 0 Å². The summed E-state index contributed by atoms with van der Waals surface area (Å²) >= 11 is 0. The summed E-state index contributed by atoms with van der Waals surface area (Å²) in [7, 11) is 0. The van der Waals surface area contributed by atoms with Gasteiger partial charge in [-0.25, -0.2) is 4.98 Å². The van der Waals surface area contributed by atoms with Crippen molar-refractivity contribution >= 4 is 0 Å². The fraction of sp³-hybridized carbons (Fsp3) is 0. The molecule has 1 aromatic rings. The molecule has 0 amide bonds. The molecule has 0 fully saturated rings. The quantitative estimate of drug-likeness (QED) is 0.448. The molecule has 1 rings (SSSR count). The second kappa shape index (κ2) is 1.69. The number of aromatic nitrogens is 1. The molecule has 1 nitrogen and oxygen atoms in total. The molecule has 0 unspecified atom stereocenters. The summed E-state index contributed by atoms with van der Waals surface area (Å²) in [6, 6.07) is -1.84. The highest BCUT2D eigenvalue weighted by Crippen LogP contribution is 1.85. The second-order valence-corrected chi connectivity index (χ2v) is 0.889. The fourth-order valence-corrected chi connectivity index (χ4v) is 0.216. The lowest BCUT2D eigenvalue weighted by atomic mass is 10.5. The number of pyridine rings is 1. The van der Waals surface area contributed by atoms with Crippen LogP contribution in [0.1, 0.15) is 5.48 Å². The number of rotatable bonds is 0. The van der Waals surface area contributed by atoms with Gasteiger partial charge in [-0.05, 0) is 12.1 Å². The zero-order valence-corrected chi connectivity index (χ0v) is 3.33. The molecule has 0 saturated carbocycles. The van der Waals surface area contributed by atoms with Crippen molar-refractivity contribution < 1.29 is 9.87 Å². The topological polar surface area (TPSA) is 12.9 Å². The van der Waals surface area contributed by atoms with Gasteiger partial charge in [-0.15, -0.1) is 0 Å². The summed E-state index contributed by atoms with van der Waals surface area (Å²) < 4.78 is 40.0. The largest absolute Gasteiger partial charge is 0.228 e. The van der Waals surface area contributed by atoms with Crippen molar-refractivity contribution in [2.45, 2.75) is 0 Å². The van der Waals surface area contributed by atoms with Crippen molar-refractivity contribution in [1.29, 1.82) is 0 Å². The van der Waals surface area contributed by atoms with E-state index in [1.165, 1.54) is 0 Å². The minimum Gasteiger partial charge on any atom is -0.228 e. The lowest BCUT2D eigenvalue weighted by Gasteiger charge is -1.78. The van der Waals surface area contributed by atoms with Crippen LogP contribution in [0.2, 0.25) is 0 Å². The standard InChI is InChI=1S/C5H4FN/c6-5-3-1-2-4-7-5/h1-4H/i1D,2D,3D,4D. The van der Waals surface area contributed by atoms with Gasteiger partial charge in [-0.1, -0.05) is 6.04 Å². The highest BCUT2D eigenvalue weighted by molar-refractivity contribution is 4.90. The molecule has 0 aliphatic rings. The Hall–Kier alpha value is -0.920. The molecule has 0 bridgehead atoms. The third-order valence-electron chi connectivity index (χ3n) is 0.438. The lowest BCUT2D eigenvalue weighted by molar-refractivity contribution is 0.584. The third-order valence-corrected chi connectivity index (χ3v) is 0.438. The minimum atomic E-state index is -1.17. The Morgan fingerprint density at radius 1 is 1.71 bits per heavy atom. The van der Waals surface area contributed by atoms with Gasteiger partial charge in [-0.3, -0.25) is 0 Å². The summed E-state index contributed by atoms with van der Waals surface area (Å²) in [5.74, 6) is -1.17. The molecule has 0 saturated heterocycles. The fourth-order valence-electron chi connectivity index (χ4n) is 0.216. The van der Waals surface area contributed by atoms with Crippen molar-refractivity contribution in [3.63, 3.8) is 0 Å². The molecule has 1 heterocycles. The van der Waals surface area contributed by atoms with Gasteiger partial charge in [0.25, 0.3) is 0 Å². The second-order valence-electron chi connectivity index (χ2n) is 0.889. The molecule has 0 N–H and O–H groups in total. The highest BCUT2D eigenvalue weighted by atomic mass is 19.1. The van der Waals surface area contributed by atoms with Crippen molar-refractivity contribution in [3.05, 3.63) is 30.2 Å². The first-order valence-corrected chi connectivity index (χ1v) is 1.64. The van der Waals surface area contributed by atoms with Crippen LogP contribution in [0.4, 0.5) is 4.39 Å². The highest BCUT2D eigenvalue weighted by Gasteiger charge is 1.78. The van der Waals surface area contributed by atoms with E-state index in [0.29, 0.717) is 0 Å². The van der Waals surface area contributed by atoms with Gasteiger partial charge in [-0.2, -0.15) is 4.39 Å². The van der Waals surface area contributed by atoms with Crippen molar-refractivity contribution in [2.24, 2.45) is 0 Å². The van der Waals surface area contributed by atoms with E-state index in [-0.39, 0.29) is 0 Å². The lowest BCUT2D eigenvalue weighted by Crippen LogP contribution is -1.73. The van der Waals surface area contributed by atoms with Crippen LogP contribution in [0, 0.1) is 5.95 Å². The van der Waals surface area contributed by atoms with Crippen LogP contribution in [0.25, 0.3) is 0 Å². The predicted molar refractivity (Wildman–Crippen MR) is 24.2 cm³/mol. The Bertz CT molecular complexity index is 275. The van der Waals surface area contributed by atoms with Crippen LogP contribution >= 0.6 is 0 Å². The molecule has 0 aliphatic heterocycles. The Balaban J connectivity index is 3.46. The van der Waals surface area contributed by atoms with E-state index >= 15 is 0 Å². The Labute approximate surface area is 46.4 Å². The zero-order chi connectivity index (χ0) is 8.59. The first-order chi connectivity index (χ1) is 5.04. The monoisotopic (exact) mass is 101 g/mol. The van der Waals surface area contributed by atoms with Gasteiger partial charge in [0.15, 0.2) is 0 Å². The van der Waals surface area contributed by atoms with Gasteiger partial charge in [0, 0.05) is 6.17 Å². The van der Waals surface area contributed by atoms with E-state index in [9.17, 15) is 4.39 Å². The van der Waals surface area contributed by atoms with E-state index in [1.54, 1.807) is 0 Å². The third kappa shape index (κ3) is 0.961. The maximum absolute atomic E-state index is 12.4. The molecule has 2 heteroatoms. The van der Waals surface area contributed by atoms with E-state index in [1.807, 2.05) is 0 Å². The Morgan fingerprint density at radius 2 is 2.57 bits per heavy atom. The molecule has 0 aliphatic carbocycles. The number of hydrogen-bond acceptors (Lipinski definition) is 1. The van der Waals surface area contributed by atoms with Gasteiger partial charge in [0.2, 0.25) is 5.95 Å².